The number of rotatable bonds is 5. The van der Waals surface area contributed by atoms with Crippen molar-refractivity contribution in [2.24, 2.45) is 0 Å². The van der Waals surface area contributed by atoms with Gasteiger partial charge in [-0.25, -0.2) is 18.1 Å². The molecule has 1 aliphatic rings. The van der Waals surface area contributed by atoms with E-state index in [1.807, 2.05) is 6.92 Å². The van der Waals surface area contributed by atoms with Crippen molar-refractivity contribution in [3.63, 3.8) is 0 Å². The number of amides is 1. The predicted molar refractivity (Wildman–Crippen MR) is 93.8 cm³/mol. The van der Waals surface area contributed by atoms with Gasteiger partial charge in [-0.1, -0.05) is 17.7 Å². The summed E-state index contributed by atoms with van der Waals surface area (Å²) in [6, 6.07) is 6.63. The van der Waals surface area contributed by atoms with Crippen LogP contribution in [-0.4, -0.2) is 42.5 Å². The lowest BCUT2D eigenvalue weighted by atomic mass is 10.1. The maximum absolute atomic E-state index is 12.3. The largest absolute Gasteiger partial charge is 0.336 e. The lowest BCUT2D eigenvalue weighted by molar-refractivity contribution is 0.0658. The van der Waals surface area contributed by atoms with Crippen LogP contribution in [0, 0.1) is 6.92 Å². The fourth-order valence-corrected chi connectivity index (χ4v) is 4.74. The Hall–Kier alpha value is -1.48. The van der Waals surface area contributed by atoms with Crippen LogP contribution in [0.1, 0.15) is 20.2 Å². The van der Waals surface area contributed by atoms with Gasteiger partial charge in [-0.15, -0.1) is 11.3 Å². The Labute approximate surface area is 149 Å². The van der Waals surface area contributed by atoms with Crippen LogP contribution in [0.15, 0.2) is 30.5 Å². The quantitative estimate of drug-likeness (QED) is 0.854. The van der Waals surface area contributed by atoms with E-state index in [1.165, 1.54) is 16.2 Å². The number of hydrogen-bond donors (Lipinski definition) is 1. The molecule has 1 amide bonds. The molecule has 1 saturated heterocycles. The van der Waals surface area contributed by atoms with Crippen LogP contribution in [0.25, 0.3) is 0 Å². The molecule has 6 nitrogen and oxygen atoms in total. The maximum Gasteiger partial charge on any atom is 0.253 e. The minimum atomic E-state index is -3.46. The molecule has 3 rings (SSSR count). The van der Waals surface area contributed by atoms with E-state index in [0.29, 0.717) is 10.6 Å². The molecule has 1 N–H and O–H groups in total. The van der Waals surface area contributed by atoms with Crippen LogP contribution >= 0.6 is 22.9 Å². The van der Waals surface area contributed by atoms with E-state index in [-0.39, 0.29) is 25.5 Å². The average Bonchev–Trinajstić information content (AvgIpc) is 2.89. The molecule has 0 saturated carbocycles. The summed E-state index contributed by atoms with van der Waals surface area (Å²) >= 11 is 7.33. The van der Waals surface area contributed by atoms with Gasteiger partial charge in [0.05, 0.1) is 5.01 Å². The molecule has 0 unspecified atom stereocenters. The number of hydrogen-bond acceptors (Lipinski definition) is 5. The predicted octanol–water partition coefficient (Wildman–Crippen LogP) is 2.05. The van der Waals surface area contributed by atoms with E-state index < -0.39 is 15.3 Å². The molecular weight excluding hydrogens is 370 g/mol. The highest BCUT2D eigenvalue weighted by Gasteiger charge is 2.39. The SMILES string of the molecule is Cc1ncc(CNS(=O)(=O)C2CN(C(=O)c3cccc(Cl)c3)C2)s1. The first-order valence-corrected chi connectivity index (χ1v) is 10.0. The van der Waals surface area contributed by atoms with E-state index >= 15 is 0 Å². The van der Waals surface area contributed by atoms with E-state index in [9.17, 15) is 13.2 Å². The van der Waals surface area contributed by atoms with E-state index in [0.717, 1.165) is 9.88 Å². The van der Waals surface area contributed by atoms with E-state index in [4.69, 9.17) is 11.6 Å². The van der Waals surface area contributed by atoms with Gasteiger partial charge in [0.1, 0.15) is 5.25 Å². The molecule has 1 aromatic heterocycles. The molecule has 24 heavy (non-hydrogen) atoms. The second kappa shape index (κ2) is 6.79. The normalized spacial score (nSPS) is 15.3. The Balaban J connectivity index is 1.56. The van der Waals surface area contributed by atoms with Gasteiger partial charge >= 0.3 is 0 Å². The molecule has 0 spiro atoms. The number of thiazole rings is 1. The van der Waals surface area contributed by atoms with Crippen molar-refractivity contribution < 1.29 is 13.2 Å². The molecule has 0 aliphatic carbocycles. The van der Waals surface area contributed by atoms with Gasteiger partial charge in [0, 0.05) is 41.3 Å². The van der Waals surface area contributed by atoms with Crippen molar-refractivity contribution in [1.82, 2.24) is 14.6 Å². The van der Waals surface area contributed by atoms with Gasteiger partial charge in [-0.2, -0.15) is 0 Å². The monoisotopic (exact) mass is 385 g/mol. The number of nitrogens with zero attached hydrogens (tertiary/aromatic N) is 2. The third-order valence-corrected chi connectivity index (χ3v) is 6.63. The second-order valence-corrected chi connectivity index (χ2v) is 9.36. The number of likely N-dealkylation sites (tertiary alicyclic amines) is 1. The fourth-order valence-electron chi connectivity index (χ4n) is 2.38. The van der Waals surface area contributed by atoms with Gasteiger partial charge in [0.2, 0.25) is 10.0 Å². The number of carbonyl (C=O) groups is 1. The van der Waals surface area contributed by atoms with Crippen molar-refractivity contribution in [1.29, 1.82) is 0 Å². The zero-order valence-electron chi connectivity index (χ0n) is 12.9. The Morgan fingerprint density at radius 2 is 2.21 bits per heavy atom. The molecule has 128 valence electrons. The number of nitrogens with one attached hydrogen (secondary N) is 1. The van der Waals surface area contributed by atoms with Crippen LogP contribution in [0.3, 0.4) is 0 Å². The molecule has 2 aromatic rings. The lowest BCUT2D eigenvalue weighted by Crippen LogP contribution is -2.59. The molecule has 0 bridgehead atoms. The van der Waals surface area contributed by atoms with Gasteiger partial charge in [-0.05, 0) is 25.1 Å². The van der Waals surface area contributed by atoms with Crippen LogP contribution < -0.4 is 4.72 Å². The van der Waals surface area contributed by atoms with Crippen LogP contribution in [0.5, 0.6) is 0 Å². The molecule has 1 fully saturated rings. The molecular formula is C15H16ClN3O3S2. The number of halogens is 1. The number of sulfonamides is 1. The maximum atomic E-state index is 12.3. The summed E-state index contributed by atoms with van der Waals surface area (Å²) in [5.74, 6) is -0.206. The molecule has 1 aromatic carbocycles. The zero-order chi connectivity index (χ0) is 17.3. The molecule has 2 heterocycles. The van der Waals surface area contributed by atoms with E-state index in [1.54, 1.807) is 30.5 Å². The number of carbonyl (C=O) groups excluding carboxylic acids is 1. The summed E-state index contributed by atoms with van der Waals surface area (Å²) in [4.78, 5) is 18.7. The van der Waals surface area contributed by atoms with Crippen molar-refractivity contribution in [2.45, 2.75) is 18.7 Å². The first-order chi connectivity index (χ1) is 11.3. The summed E-state index contributed by atoms with van der Waals surface area (Å²) in [7, 11) is -3.46. The summed E-state index contributed by atoms with van der Waals surface area (Å²) < 4.78 is 27.1. The Bertz CT molecular complexity index is 860. The zero-order valence-corrected chi connectivity index (χ0v) is 15.3. The first-order valence-electron chi connectivity index (χ1n) is 7.30. The van der Waals surface area contributed by atoms with Crippen LogP contribution in [-0.2, 0) is 16.6 Å². The number of aromatic nitrogens is 1. The first kappa shape index (κ1) is 17.3. The molecule has 0 radical (unpaired) electrons. The van der Waals surface area contributed by atoms with Crippen molar-refractivity contribution in [3.05, 3.63) is 50.9 Å². The molecule has 0 atom stereocenters. The Morgan fingerprint density at radius 3 is 2.83 bits per heavy atom. The highest BCUT2D eigenvalue weighted by molar-refractivity contribution is 7.90. The second-order valence-electron chi connectivity index (χ2n) is 5.55. The van der Waals surface area contributed by atoms with Crippen molar-refractivity contribution in [3.8, 4) is 0 Å². The Kier molecular flexibility index (Phi) is 4.91. The van der Waals surface area contributed by atoms with Crippen LogP contribution in [0.2, 0.25) is 5.02 Å². The summed E-state index contributed by atoms with van der Waals surface area (Å²) in [6.45, 7) is 2.46. The highest BCUT2D eigenvalue weighted by Crippen LogP contribution is 2.21. The van der Waals surface area contributed by atoms with Gasteiger partial charge < -0.3 is 4.90 Å². The minimum absolute atomic E-state index is 0.183. The van der Waals surface area contributed by atoms with Crippen molar-refractivity contribution in [2.75, 3.05) is 13.1 Å². The number of aryl methyl sites for hydroxylation is 1. The third kappa shape index (κ3) is 3.77. The fraction of sp³-hybridized carbons (Fsp3) is 0.333. The van der Waals surface area contributed by atoms with Gasteiger partial charge in [0.25, 0.3) is 5.91 Å². The Morgan fingerprint density at radius 1 is 1.46 bits per heavy atom. The van der Waals surface area contributed by atoms with Crippen LogP contribution in [0.4, 0.5) is 0 Å². The van der Waals surface area contributed by atoms with Gasteiger partial charge in [-0.3, -0.25) is 4.79 Å². The van der Waals surface area contributed by atoms with Crippen molar-refractivity contribution >= 4 is 38.9 Å². The minimum Gasteiger partial charge on any atom is -0.336 e. The average molecular weight is 386 g/mol. The smallest absolute Gasteiger partial charge is 0.253 e. The number of benzene rings is 1. The standard InChI is InChI=1S/C15H16ClN3O3S2/c1-10-17-6-13(23-10)7-18-24(21,22)14-8-19(9-14)15(20)11-3-2-4-12(16)5-11/h2-6,14,18H,7-9H2,1H3. The summed E-state index contributed by atoms with van der Waals surface area (Å²) in [5.41, 5.74) is 0.464. The van der Waals surface area contributed by atoms with E-state index in [2.05, 4.69) is 9.71 Å². The van der Waals surface area contributed by atoms with Gasteiger partial charge in [0.15, 0.2) is 0 Å². The lowest BCUT2D eigenvalue weighted by Gasteiger charge is -2.38. The summed E-state index contributed by atoms with van der Waals surface area (Å²) in [6.07, 6.45) is 1.66. The molecule has 9 heteroatoms. The highest BCUT2D eigenvalue weighted by atomic mass is 35.5. The summed E-state index contributed by atoms with van der Waals surface area (Å²) in [5, 5.41) is 0.785. The third-order valence-electron chi connectivity index (χ3n) is 3.76. The topological polar surface area (TPSA) is 79.4 Å². The molecule has 1 aliphatic heterocycles.